The number of hydrogen-bond acceptors (Lipinski definition) is 1. The van der Waals surface area contributed by atoms with Crippen LogP contribution in [0.15, 0.2) is 0 Å². The van der Waals surface area contributed by atoms with Gasteiger partial charge in [0.15, 0.2) is 0 Å². The Morgan fingerprint density at radius 2 is 1.93 bits per heavy atom. The van der Waals surface area contributed by atoms with Crippen LogP contribution >= 0.6 is 0 Å². The topological polar surface area (TPSA) is 21.5 Å². The van der Waals surface area contributed by atoms with Crippen molar-refractivity contribution in [3.8, 4) is 0 Å². The lowest BCUT2D eigenvalue weighted by atomic mass is 9.46. The van der Waals surface area contributed by atoms with E-state index in [1.165, 1.54) is 11.3 Å². The van der Waals surface area contributed by atoms with Gasteiger partial charge in [-0.25, -0.2) is 0 Å². The minimum atomic E-state index is 0. The Labute approximate surface area is 98.8 Å². The van der Waals surface area contributed by atoms with Gasteiger partial charge in [-0.3, -0.25) is 4.79 Å². The summed E-state index contributed by atoms with van der Waals surface area (Å²) in [6, 6.07) is 0. The van der Waals surface area contributed by atoms with Gasteiger partial charge in [0.25, 0.3) is 0 Å². The number of quaternary nitrogens is 1. The molecule has 0 aromatic carbocycles. The van der Waals surface area contributed by atoms with E-state index in [0.717, 1.165) is 18.9 Å². The highest BCUT2D eigenvalue weighted by Gasteiger charge is 2.57. The molecule has 3 saturated carbocycles. The molecule has 3 aliphatic carbocycles. The number of hydrogen-bond donors (Lipinski definition) is 1. The summed E-state index contributed by atoms with van der Waals surface area (Å²) in [5.74, 6) is 2.11. The van der Waals surface area contributed by atoms with Crippen LogP contribution in [0.2, 0.25) is 0 Å². The Bertz CT molecular complexity index is 262. The molecule has 0 radical (unpaired) electrons. The van der Waals surface area contributed by atoms with Crippen molar-refractivity contribution in [2.75, 3.05) is 20.6 Å². The fourth-order valence-corrected chi connectivity index (χ4v) is 3.32. The van der Waals surface area contributed by atoms with Crippen molar-refractivity contribution in [3.05, 3.63) is 0 Å². The third-order valence-corrected chi connectivity index (χ3v) is 4.44. The Morgan fingerprint density at radius 1 is 1.33 bits per heavy atom. The third-order valence-electron chi connectivity index (χ3n) is 4.44. The van der Waals surface area contributed by atoms with Gasteiger partial charge in [-0.05, 0) is 24.2 Å². The molecule has 1 N–H and O–H groups in total. The zero-order valence-corrected chi connectivity index (χ0v) is 10.9. The number of nitrogens with one attached hydrogen (secondary N) is 1. The van der Waals surface area contributed by atoms with Crippen LogP contribution < -0.4 is 17.3 Å². The Morgan fingerprint density at radius 3 is 2.33 bits per heavy atom. The number of rotatable bonds is 2. The van der Waals surface area contributed by atoms with Gasteiger partial charge in [0, 0.05) is 5.92 Å². The first-order valence-corrected chi connectivity index (χ1v) is 5.75. The number of fused-ring (bicyclic) bond motifs is 2. The SMILES string of the molecule is C[NH+](C)CC1C[C@H]2C[C@@H](C1=O)C2(C)C.[Cl-]. The quantitative estimate of drug-likeness (QED) is 0.553. The molecule has 0 amide bonds. The van der Waals surface area contributed by atoms with E-state index < -0.39 is 0 Å². The summed E-state index contributed by atoms with van der Waals surface area (Å²) in [7, 11) is 4.28. The van der Waals surface area contributed by atoms with E-state index >= 15 is 0 Å². The summed E-state index contributed by atoms with van der Waals surface area (Å²) in [4.78, 5) is 13.5. The zero-order chi connectivity index (χ0) is 10.5. The monoisotopic (exact) mass is 231 g/mol. The molecule has 0 heterocycles. The standard InChI is InChI=1S/C12H21NO.ClH/c1-12(2)9-5-8(7-13(3)4)11(14)10(12)6-9;/h8-10H,5-7H2,1-4H3;1H/t8?,9-,10-;/m0./s1. The maximum Gasteiger partial charge on any atom is 0.145 e. The van der Waals surface area contributed by atoms with Gasteiger partial charge >= 0.3 is 0 Å². The molecule has 0 aliphatic heterocycles. The van der Waals surface area contributed by atoms with Gasteiger partial charge in [-0.2, -0.15) is 0 Å². The van der Waals surface area contributed by atoms with Crippen molar-refractivity contribution >= 4 is 5.78 Å². The molecule has 0 spiro atoms. The fraction of sp³-hybridized carbons (Fsp3) is 0.917. The lowest BCUT2D eigenvalue weighted by molar-refractivity contribution is -0.861. The average Bonchev–Trinajstić information content (AvgIpc) is 2.06. The predicted molar refractivity (Wildman–Crippen MR) is 56.2 cm³/mol. The Balaban J connectivity index is 0.00000112. The molecular weight excluding hydrogens is 210 g/mol. The first kappa shape index (κ1) is 13.0. The number of halogens is 1. The van der Waals surface area contributed by atoms with Crippen LogP contribution in [0.1, 0.15) is 26.7 Å². The molecule has 0 aromatic heterocycles. The van der Waals surface area contributed by atoms with Crippen LogP contribution in [0.4, 0.5) is 0 Å². The first-order chi connectivity index (χ1) is 6.43. The smallest absolute Gasteiger partial charge is 0.145 e. The normalized spacial score (nSPS) is 37.1. The van der Waals surface area contributed by atoms with Crippen molar-refractivity contribution in [3.63, 3.8) is 0 Å². The van der Waals surface area contributed by atoms with Crippen molar-refractivity contribution in [1.29, 1.82) is 0 Å². The summed E-state index contributed by atoms with van der Waals surface area (Å²) in [6.07, 6.45) is 2.32. The van der Waals surface area contributed by atoms with Crippen LogP contribution in [0.25, 0.3) is 0 Å². The minimum Gasteiger partial charge on any atom is -1.00 e. The van der Waals surface area contributed by atoms with Crippen molar-refractivity contribution in [1.82, 2.24) is 0 Å². The molecule has 1 unspecified atom stereocenters. The molecular formula is C12H22ClNO. The van der Waals surface area contributed by atoms with E-state index in [1.54, 1.807) is 0 Å². The summed E-state index contributed by atoms with van der Waals surface area (Å²) in [6.45, 7) is 5.56. The lowest BCUT2D eigenvalue weighted by Gasteiger charge is -2.57. The van der Waals surface area contributed by atoms with Gasteiger partial charge in [-0.1, -0.05) is 13.8 Å². The van der Waals surface area contributed by atoms with E-state index in [1.807, 2.05) is 0 Å². The van der Waals surface area contributed by atoms with Crippen LogP contribution in [-0.4, -0.2) is 26.4 Å². The maximum atomic E-state index is 12.1. The highest BCUT2D eigenvalue weighted by atomic mass is 35.5. The molecule has 88 valence electrons. The summed E-state index contributed by atoms with van der Waals surface area (Å²) in [5.41, 5.74) is 0.315. The Hall–Kier alpha value is -0.0800. The maximum absolute atomic E-state index is 12.1. The van der Waals surface area contributed by atoms with Crippen molar-refractivity contribution in [2.45, 2.75) is 26.7 Å². The second kappa shape index (κ2) is 4.06. The molecule has 3 atom stereocenters. The van der Waals surface area contributed by atoms with E-state index in [0.29, 0.717) is 23.0 Å². The highest BCUT2D eigenvalue weighted by molar-refractivity contribution is 5.86. The molecule has 3 aliphatic rings. The fourth-order valence-electron chi connectivity index (χ4n) is 3.32. The zero-order valence-electron chi connectivity index (χ0n) is 10.1. The molecule has 3 rings (SSSR count). The van der Waals surface area contributed by atoms with Gasteiger partial charge < -0.3 is 17.3 Å². The molecule has 3 fully saturated rings. The molecule has 3 heteroatoms. The second-order valence-electron chi connectivity index (χ2n) is 6.05. The molecule has 2 nitrogen and oxygen atoms in total. The van der Waals surface area contributed by atoms with Crippen molar-refractivity contribution < 1.29 is 22.1 Å². The summed E-state index contributed by atoms with van der Waals surface area (Å²) in [5, 5.41) is 0. The molecule has 15 heavy (non-hydrogen) atoms. The predicted octanol–water partition coefficient (Wildman–Crippen LogP) is -2.61. The van der Waals surface area contributed by atoms with Crippen LogP contribution in [-0.2, 0) is 4.79 Å². The van der Waals surface area contributed by atoms with Gasteiger partial charge in [0.2, 0.25) is 0 Å². The largest absolute Gasteiger partial charge is 1.00 e. The van der Waals surface area contributed by atoms with Crippen molar-refractivity contribution in [2.24, 2.45) is 23.2 Å². The molecule has 0 saturated heterocycles. The van der Waals surface area contributed by atoms with Gasteiger partial charge in [0.05, 0.1) is 26.6 Å². The third kappa shape index (κ3) is 1.94. The van der Waals surface area contributed by atoms with E-state index in [4.69, 9.17) is 0 Å². The first-order valence-electron chi connectivity index (χ1n) is 5.75. The highest BCUT2D eigenvalue weighted by Crippen LogP contribution is 2.58. The number of ketones is 1. The Kier molecular flexibility index (Phi) is 3.52. The van der Waals surface area contributed by atoms with E-state index in [2.05, 4.69) is 27.9 Å². The van der Waals surface area contributed by atoms with Crippen LogP contribution in [0.5, 0.6) is 0 Å². The average molecular weight is 232 g/mol. The number of Topliss-reactive ketones (excluding diaryl/α,β-unsaturated/α-hetero) is 1. The van der Waals surface area contributed by atoms with Crippen LogP contribution in [0.3, 0.4) is 0 Å². The molecule has 0 aromatic rings. The lowest BCUT2D eigenvalue weighted by Crippen LogP contribution is -3.06. The van der Waals surface area contributed by atoms with Gasteiger partial charge in [-0.15, -0.1) is 0 Å². The minimum absolute atomic E-state index is 0. The summed E-state index contributed by atoms with van der Waals surface area (Å²) >= 11 is 0. The van der Waals surface area contributed by atoms with Gasteiger partial charge in [0.1, 0.15) is 5.78 Å². The second-order valence-corrected chi connectivity index (χ2v) is 6.05. The number of carbonyl (C=O) groups excluding carboxylic acids is 1. The van der Waals surface area contributed by atoms with Crippen LogP contribution in [0, 0.1) is 23.2 Å². The molecule has 2 bridgehead atoms. The number of carbonyl (C=O) groups is 1. The van der Waals surface area contributed by atoms with E-state index in [-0.39, 0.29) is 12.4 Å². The van der Waals surface area contributed by atoms with E-state index in [9.17, 15) is 4.79 Å². The summed E-state index contributed by atoms with van der Waals surface area (Å²) < 4.78 is 0.